The van der Waals surface area contributed by atoms with Gasteiger partial charge in [0.05, 0.1) is 0 Å². The molecule has 1 amide bonds. The van der Waals surface area contributed by atoms with Gasteiger partial charge in [0.1, 0.15) is 0 Å². The van der Waals surface area contributed by atoms with Gasteiger partial charge in [0.15, 0.2) is 0 Å². The third-order valence-electron chi connectivity index (χ3n) is 2.91. The summed E-state index contributed by atoms with van der Waals surface area (Å²) < 4.78 is 0. The first-order chi connectivity index (χ1) is 9.26. The Labute approximate surface area is 120 Å². The first-order valence-corrected chi connectivity index (χ1v) is 8.23. The second kappa shape index (κ2) is 9.87. The quantitative estimate of drug-likeness (QED) is 0.682. The molecular formula is C15H24N2OS. The van der Waals surface area contributed by atoms with E-state index in [0.717, 1.165) is 43.7 Å². The summed E-state index contributed by atoms with van der Waals surface area (Å²) in [5, 5.41) is 2.93. The van der Waals surface area contributed by atoms with Crippen molar-refractivity contribution in [2.75, 3.05) is 18.1 Å². The summed E-state index contributed by atoms with van der Waals surface area (Å²) in [5.74, 6) is 1.11. The maximum absolute atomic E-state index is 11.7. The summed E-state index contributed by atoms with van der Waals surface area (Å²) in [6.07, 6.45) is 6.87. The molecule has 0 heterocycles. The third-order valence-corrected chi connectivity index (χ3v) is 3.53. The predicted molar refractivity (Wildman–Crippen MR) is 84.4 cm³/mol. The van der Waals surface area contributed by atoms with Crippen LogP contribution in [0.2, 0.25) is 0 Å². The van der Waals surface area contributed by atoms with Crippen LogP contribution < -0.4 is 11.1 Å². The Kier molecular flexibility index (Phi) is 8.34. The Balaban J connectivity index is 2.24. The van der Waals surface area contributed by atoms with Gasteiger partial charge >= 0.3 is 0 Å². The van der Waals surface area contributed by atoms with E-state index in [1.807, 2.05) is 12.1 Å². The lowest BCUT2D eigenvalue weighted by Gasteiger charge is -2.06. The molecule has 0 unspecified atom stereocenters. The second-order valence-corrected chi connectivity index (χ2v) is 5.50. The van der Waals surface area contributed by atoms with Crippen molar-refractivity contribution >= 4 is 23.4 Å². The molecule has 0 atom stereocenters. The van der Waals surface area contributed by atoms with Crippen molar-refractivity contribution in [2.45, 2.75) is 37.9 Å². The largest absolute Gasteiger partial charge is 0.330 e. The molecule has 0 aromatic heterocycles. The second-order valence-electron chi connectivity index (χ2n) is 4.63. The van der Waals surface area contributed by atoms with Crippen molar-refractivity contribution in [3.05, 3.63) is 29.8 Å². The van der Waals surface area contributed by atoms with Gasteiger partial charge in [-0.2, -0.15) is 11.8 Å². The fourth-order valence-corrected chi connectivity index (χ4v) is 2.38. The summed E-state index contributed by atoms with van der Waals surface area (Å²) in [4.78, 5) is 11.7. The van der Waals surface area contributed by atoms with Crippen molar-refractivity contribution in [1.29, 1.82) is 0 Å². The van der Waals surface area contributed by atoms with E-state index in [4.69, 9.17) is 5.73 Å². The minimum atomic E-state index is 0.102. The Hall–Kier alpha value is -1.00. The maximum atomic E-state index is 11.7. The van der Waals surface area contributed by atoms with Gasteiger partial charge in [-0.1, -0.05) is 25.0 Å². The summed E-state index contributed by atoms with van der Waals surface area (Å²) >= 11 is 1.80. The van der Waals surface area contributed by atoms with Crippen molar-refractivity contribution in [3.63, 3.8) is 0 Å². The predicted octanol–water partition coefficient (Wildman–Crippen LogP) is 3.40. The summed E-state index contributed by atoms with van der Waals surface area (Å²) in [6, 6.07) is 8.07. The first-order valence-electron chi connectivity index (χ1n) is 6.84. The first kappa shape index (κ1) is 16.1. The zero-order valence-corrected chi connectivity index (χ0v) is 12.5. The number of hydrogen-bond donors (Lipinski definition) is 2. The fraction of sp³-hybridized carbons (Fsp3) is 0.533. The standard InChI is InChI=1S/C15H24N2OS/c1-19-12-13-7-9-14(10-8-13)17-15(18)6-4-2-3-5-11-16/h7-10H,2-6,11-12,16H2,1H3,(H,17,18). The van der Waals surface area contributed by atoms with Crippen LogP contribution >= 0.6 is 11.8 Å². The van der Waals surface area contributed by atoms with Crippen LogP contribution in [0.15, 0.2) is 24.3 Å². The maximum Gasteiger partial charge on any atom is 0.224 e. The molecule has 106 valence electrons. The van der Waals surface area contributed by atoms with Gasteiger partial charge in [-0.3, -0.25) is 4.79 Å². The van der Waals surface area contributed by atoms with Crippen molar-refractivity contribution < 1.29 is 4.79 Å². The van der Waals surface area contributed by atoms with Crippen LogP contribution in [0.1, 0.15) is 37.7 Å². The third kappa shape index (κ3) is 7.23. The molecule has 0 fully saturated rings. The zero-order valence-electron chi connectivity index (χ0n) is 11.7. The van der Waals surface area contributed by atoms with E-state index in [1.54, 1.807) is 11.8 Å². The van der Waals surface area contributed by atoms with Crippen LogP contribution in [-0.2, 0) is 10.5 Å². The number of rotatable bonds is 9. The average Bonchev–Trinajstić information content (AvgIpc) is 2.41. The van der Waals surface area contributed by atoms with E-state index >= 15 is 0 Å². The number of nitrogens with one attached hydrogen (secondary N) is 1. The highest BCUT2D eigenvalue weighted by atomic mass is 32.2. The Morgan fingerprint density at radius 1 is 1.16 bits per heavy atom. The molecular weight excluding hydrogens is 256 g/mol. The van der Waals surface area contributed by atoms with Gasteiger partial charge in [0.2, 0.25) is 5.91 Å². The smallest absolute Gasteiger partial charge is 0.224 e. The number of amides is 1. The molecule has 19 heavy (non-hydrogen) atoms. The van der Waals surface area contributed by atoms with E-state index in [-0.39, 0.29) is 5.91 Å². The lowest BCUT2D eigenvalue weighted by Crippen LogP contribution is -2.11. The molecule has 0 aliphatic rings. The number of carbonyl (C=O) groups excluding carboxylic acids is 1. The number of unbranched alkanes of at least 4 members (excludes halogenated alkanes) is 3. The molecule has 1 aromatic rings. The van der Waals surface area contributed by atoms with E-state index in [2.05, 4.69) is 23.7 Å². The van der Waals surface area contributed by atoms with Crippen molar-refractivity contribution in [3.8, 4) is 0 Å². The van der Waals surface area contributed by atoms with Crippen molar-refractivity contribution in [1.82, 2.24) is 0 Å². The van der Waals surface area contributed by atoms with Crippen LogP contribution in [-0.4, -0.2) is 18.7 Å². The Morgan fingerprint density at radius 3 is 2.47 bits per heavy atom. The van der Waals surface area contributed by atoms with Crippen LogP contribution in [0.4, 0.5) is 5.69 Å². The van der Waals surface area contributed by atoms with Gasteiger partial charge in [0.25, 0.3) is 0 Å². The molecule has 0 saturated carbocycles. The molecule has 0 aliphatic heterocycles. The minimum absolute atomic E-state index is 0.102. The highest BCUT2D eigenvalue weighted by molar-refractivity contribution is 7.97. The van der Waals surface area contributed by atoms with Gasteiger partial charge in [-0.25, -0.2) is 0 Å². The Bertz CT molecular complexity index is 365. The number of thioether (sulfide) groups is 1. The van der Waals surface area contributed by atoms with Crippen LogP contribution in [0, 0.1) is 0 Å². The lowest BCUT2D eigenvalue weighted by atomic mass is 10.1. The van der Waals surface area contributed by atoms with E-state index < -0.39 is 0 Å². The van der Waals surface area contributed by atoms with Gasteiger partial charge in [-0.15, -0.1) is 0 Å². The summed E-state index contributed by atoms with van der Waals surface area (Å²) in [7, 11) is 0. The zero-order chi connectivity index (χ0) is 13.9. The molecule has 0 saturated heterocycles. The molecule has 0 bridgehead atoms. The van der Waals surface area contributed by atoms with E-state index in [9.17, 15) is 4.79 Å². The van der Waals surface area contributed by atoms with Crippen LogP contribution in [0.3, 0.4) is 0 Å². The topological polar surface area (TPSA) is 55.1 Å². The highest BCUT2D eigenvalue weighted by Gasteiger charge is 2.02. The van der Waals surface area contributed by atoms with Gasteiger partial charge < -0.3 is 11.1 Å². The van der Waals surface area contributed by atoms with E-state index in [0.29, 0.717) is 6.42 Å². The number of nitrogens with two attached hydrogens (primary N) is 1. The minimum Gasteiger partial charge on any atom is -0.330 e. The molecule has 0 aliphatic carbocycles. The summed E-state index contributed by atoms with van der Waals surface area (Å²) in [6.45, 7) is 0.745. The molecule has 3 N–H and O–H groups in total. The molecule has 1 aromatic carbocycles. The average molecular weight is 280 g/mol. The summed E-state index contributed by atoms with van der Waals surface area (Å²) in [5.41, 5.74) is 7.60. The van der Waals surface area contributed by atoms with Crippen LogP contribution in [0.5, 0.6) is 0 Å². The SMILES string of the molecule is CSCc1ccc(NC(=O)CCCCCCN)cc1. The molecule has 0 spiro atoms. The van der Waals surface area contributed by atoms with Gasteiger partial charge in [0, 0.05) is 17.9 Å². The highest BCUT2D eigenvalue weighted by Crippen LogP contribution is 2.14. The fourth-order valence-electron chi connectivity index (χ4n) is 1.86. The number of anilines is 1. The van der Waals surface area contributed by atoms with Gasteiger partial charge in [-0.05, 0) is 43.3 Å². The number of benzene rings is 1. The molecule has 0 radical (unpaired) electrons. The normalized spacial score (nSPS) is 10.4. The number of hydrogen-bond acceptors (Lipinski definition) is 3. The van der Waals surface area contributed by atoms with Crippen molar-refractivity contribution in [2.24, 2.45) is 5.73 Å². The monoisotopic (exact) mass is 280 g/mol. The number of carbonyl (C=O) groups is 1. The lowest BCUT2D eigenvalue weighted by molar-refractivity contribution is -0.116. The van der Waals surface area contributed by atoms with Crippen LogP contribution in [0.25, 0.3) is 0 Å². The molecule has 1 rings (SSSR count). The van der Waals surface area contributed by atoms with E-state index in [1.165, 1.54) is 5.56 Å². The Morgan fingerprint density at radius 2 is 1.84 bits per heavy atom. The molecule has 4 heteroatoms. The molecule has 3 nitrogen and oxygen atoms in total.